The number of rotatable bonds is 8. The van der Waals surface area contributed by atoms with Crippen molar-refractivity contribution in [2.24, 2.45) is 0 Å². The van der Waals surface area contributed by atoms with Crippen LogP contribution in [0.2, 0.25) is 0 Å². The summed E-state index contributed by atoms with van der Waals surface area (Å²) in [4.78, 5) is 0. The largest absolute Gasteiger partial charge is 0.494 e. The third kappa shape index (κ3) is 4.99. The van der Waals surface area contributed by atoms with Crippen LogP contribution >= 0.6 is 0 Å². The summed E-state index contributed by atoms with van der Waals surface area (Å²) in [7, 11) is 0. The monoisotopic (exact) mass is 298 g/mol. The van der Waals surface area contributed by atoms with Crippen molar-refractivity contribution in [3.8, 4) is 5.75 Å². The Bertz CT molecular complexity index is 578. The molecule has 0 unspecified atom stereocenters. The van der Waals surface area contributed by atoms with Crippen LogP contribution in [-0.2, 0) is 0 Å². The number of hydrogen-bond acceptors (Lipinski definition) is 3. The molecule has 0 saturated heterocycles. The van der Waals surface area contributed by atoms with Crippen molar-refractivity contribution in [1.82, 2.24) is 0 Å². The summed E-state index contributed by atoms with van der Waals surface area (Å²) in [6.07, 6.45) is 4.83. The first kappa shape index (κ1) is 16.2. The highest BCUT2D eigenvalue weighted by Gasteiger charge is 2.03. The van der Waals surface area contributed by atoms with Gasteiger partial charge in [-0.2, -0.15) is 0 Å². The lowest BCUT2D eigenvalue weighted by atomic mass is 10.2. The molecule has 2 rings (SSSR count). The van der Waals surface area contributed by atoms with E-state index in [0.29, 0.717) is 0 Å². The van der Waals surface area contributed by atoms with Crippen LogP contribution in [0.3, 0.4) is 0 Å². The van der Waals surface area contributed by atoms with Crippen LogP contribution in [-0.4, -0.2) is 6.61 Å². The highest BCUT2D eigenvalue weighted by Crippen LogP contribution is 2.28. The number of nitrogen functional groups attached to an aromatic ring is 1. The molecule has 0 aromatic heterocycles. The van der Waals surface area contributed by atoms with E-state index in [1.807, 2.05) is 30.3 Å². The molecule has 0 aliphatic heterocycles. The number of benzene rings is 2. The molecular formula is C19H26N2O. The van der Waals surface area contributed by atoms with E-state index < -0.39 is 0 Å². The Balaban J connectivity index is 1.96. The van der Waals surface area contributed by atoms with Gasteiger partial charge < -0.3 is 15.8 Å². The predicted octanol–water partition coefficient (Wildman–Crippen LogP) is 5.28. The second-order valence-electron chi connectivity index (χ2n) is 5.65. The molecule has 3 nitrogen and oxygen atoms in total. The number of hydrogen-bond donors (Lipinski definition) is 2. The lowest BCUT2D eigenvalue weighted by Gasteiger charge is -2.12. The van der Waals surface area contributed by atoms with Gasteiger partial charge in [-0.05, 0) is 37.6 Å². The zero-order chi connectivity index (χ0) is 15.8. The highest BCUT2D eigenvalue weighted by atomic mass is 16.5. The maximum absolute atomic E-state index is 6.04. The molecule has 0 bridgehead atoms. The van der Waals surface area contributed by atoms with Crippen molar-refractivity contribution < 1.29 is 4.74 Å². The summed E-state index contributed by atoms with van der Waals surface area (Å²) in [5.41, 5.74) is 9.91. The van der Waals surface area contributed by atoms with Crippen LogP contribution in [0.1, 0.15) is 38.2 Å². The molecule has 0 aliphatic carbocycles. The van der Waals surface area contributed by atoms with Crippen LogP contribution in [0.25, 0.3) is 0 Å². The third-order valence-electron chi connectivity index (χ3n) is 3.62. The minimum atomic E-state index is 0.721. The van der Waals surface area contributed by atoms with Crippen LogP contribution in [0, 0.1) is 6.92 Å². The van der Waals surface area contributed by atoms with Gasteiger partial charge in [-0.3, -0.25) is 0 Å². The van der Waals surface area contributed by atoms with E-state index in [-0.39, 0.29) is 0 Å². The van der Waals surface area contributed by atoms with Crippen molar-refractivity contribution in [3.63, 3.8) is 0 Å². The van der Waals surface area contributed by atoms with Gasteiger partial charge in [0.05, 0.1) is 18.0 Å². The average Bonchev–Trinajstić information content (AvgIpc) is 2.52. The van der Waals surface area contributed by atoms with E-state index in [9.17, 15) is 0 Å². The van der Waals surface area contributed by atoms with E-state index in [2.05, 4.69) is 31.3 Å². The fraction of sp³-hybridized carbons (Fsp3) is 0.368. The number of nitrogens with one attached hydrogen (secondary N) is 1. The van der Waals surface area contributed by atoms with Crippen molar-refractivity contribution in [2.45, 2.75) is 39.5 Å². The third-order valence-corrected chi connectivity index (χ3v) is 3.62. The summed E-state index contributed by atoms with van der Waals surface area (Å²) in [5.74, 6) is 0.861. The molecule has 3 heteroatoms. The molecule has 2 aromatic rings. The number of unbranched alkanes of at least 4 members (excludes halogenated alkanes) is 3. The molecule has 3 N–H and O–H groups in total. The summed E-state index contributed by atoms with van der Waals surface area (Å²) < 4.78 is 5.81. The fourth-order valence-electron chi connectivity index (χ4n) is 2.24. The van der Waals surface area contributed by atoms with Gasteiger partial charge in [0.2, 0.25) is 0 Å². The summed E-state index contributed by atoms with van der Waals surface area (Å²) >= 11 is 0. The van der Waals surface area contributed by atoms with Crippen LogP contribution in [0.5, 0.6) is 5.75 Å². The fourth-order valence-corrected chi connectivity index (χ4v) is 2.24. The summed E-state index contributed by atoms with van der Waals surface area (Å²) in [6.45, 7) is 5.04. The summed E-state index contributed by atoms with van der Waals surface area (Å²) in [6, 6.07) is 14.0. The molecule has 0 radical (unpaired) electrons. The Kier molecular flexibility index (Phi) is 6.13. The van der Waals surface area contributed by atoms with E-state index in [1.54, 1.807) is 0 Å². The van der Waals surface area contributed by atoms with Crippen LogP contribution in [0.4, 0.5) is 17.1 Å². The quantitative estimate of drug-likeness (QED) is 0.515. The van der Waals surface area contributed by atoms with Crippen LogP contribution in [0.15, 0.2) is 42.5 Å². The first-order valence-corrected chi connectivity index (χ1v) is 8.05. The number of anilines is 3. The van der Waals surface area contributed by atoms with Crippen LogP contribution < -0.4 is 15.8 Å². The zero-order valence-electron chi connectivity index (χ0n) is 13.6. The summed E-state index contributed by atoms with van der Waals surface area (Å²) in [5, 5.41) is 3.35. The molecule has 0 atom stereocenters. The molecule has 118 valence electrons. The van der Waals surface area contributed by atoms with Crippen molar-refractivity contribution in [1.29, 1.82) is 0 Å². The minimum Gasteiger partial charge on any atom is -0.494 e. The molecule has 0 amide bonds. The predicted molar refractivity (Wildman–Crippen MR) is 95.0 cm³/mol. The highest BCUT2D eigenvalue weighted by molar-refractivity contribution is 5.74. The topological polar surface area (TPSA) is 47.3 Å². The first-order valence-electron chi connectivity index (χ1n) is 8.05. The maximum atomic E-state index is 6.04. The molecular weight excluding hydrogens is 272 g/mol. The van der Waals surface area contributed by atoms with E-state index in [4.69, 9.17) is 10.5 Å². The zero-order valence-corrected chi connectivity index (χ0v) is 13.6. The average molecular weight is 298 g/mol. The lowest BCUT2D eigenvalue weighted by molar-refractivity contribution is 0.305. The Hall–Kier alpha value is -2.16. The van der Waals surface area contributed by atoms with E-state index >= 15 is 0 Å². The Morgan fingerprint density at radius 2 is 1.77 bits per heavy atom. The molecule has 2 aromatic carbocycles. The minimum absolute atomic E-state index is 0.721. The van der Waals surface area contributed by atoms with Gasteiger partial charge in [0.1, 0.15) is 5.75 Å². The Morgan fingerprint density at radius 1 is 1.00 bits per heavy atom. The molecule has 0 saturated carbocycles. The first-order chi connectivity index (χ1) is 10.7. The van der Waals surface area contributed by atoms with Gasteiger partial charge in [0.25, 0.3) is 0 Å². The van der Waals surface area contributed by atoms with Gasteiger partial charge >= 0.3 is 0 Å². The van der Waals surface area contributed by atoms with Gasteiger partial charge in [-0.1, -0.05) is 43.9 Å². The molecule has 0 fully saturated rings. The number of aryl methyl sites for hydroxylation is 1. The van der Waals surface area contributed by atoms with E-state index in [0.717, 1.165) is 35.8 Å². The normalized spacial score (nSPS) is 10.5. The van der Waals surface area contributed by atoms with Gasteiger partial charge in [-0.25, -0.2) is 0 Å². The second-order valence-corrected chi connectivity index (χ2v) is 5.65. The van der Waals surface area contributed by atoms with Crippen molar-refractivity contribution >= 4 is 17.1 Å². The van der Waals surface area contributed by atoms with Gasteiger partial charge in [0, 0.05) is 11.8 Å². The molecule has 0 heterocycles. The van der Waals surface area contributed by atoms with Crippen molar-refractivity contribution in [3.05, 3.63) is 48.0 Å². The molecule has 0 aliphatic rings. The number of nitrogens with two attached hydrogens (primary N) is 1. The Morgan fingerprint density at radius 3 is 2.50 bits per heavy atom. The van der Waals surface area contributed by atoms with Gasteiger partial charge in [-0.15, -0.1) is 0 Å². The lowest BCUT2D eigenvalue weighted by Crippen LogP contribution is -2.00. The SMILES string of the molecule is CCCCCCOc1ccc(N)c(Nc2ccc(C)cc2)c1. The van der Waals surface area contributed by atoms with Gasteiger partial charge in [0.15, 0.2) is 0 Å². The second kappa shape index (κ2) is 8.32. The molecule has 22 heavy (non-hydrogen) atoms. The maximum Gasteiger partial charge on any atom is 0.121 e. The standard InChI is InChI=1S/C19H26N2O/c1-3-4-5-6-13-22-17-11-12-18(20)19(14-17)21-16-9-7-15(2)8-10-16/h7-12,14,21H,3-6,13,20H2,1-2H3. The smallest absolute Gasteiger partial charge is 0.121 e. The number of ether oxygens (including phenoxy) is 1. The molecule has 0 spiro atoms. The van der Waals surface area contributed by atoms with Crippen molar-refractivity contribution in [2.75, 3.05) is 17.7 Å². The Labute approximate surface area is 133 Å². The van der Waals surface area contributed by atoms with E-state index in [1.165, 1.54) is 24.8 Å².